The molecule has 0 saturated carbocycles. The van der Waals surface area contributed by atoms with Gasteiger partial charge >= 0.3 is 0 Å². The van der Waals surface area contributed by atoms with E-state index in [4.69, 9.17) is 4.74 Å². The van der Waals surface area contributed by atoms with Crippen LogP contribution in [-0.4, -0.2) is 12.9 Å². The van der Waals surface area contributed by atoms with E-state index in [0.717, 1.165) is 41.8 Å². The maximum Gasteiger partial charge on any atom is 0.150 e. The Morgan fingerprint density at radius 3 is 2.16 bits per heavy atom. The molecule has 0 aliphatic heterocycles. The van der Waals surface area contributed by atoms with Crippen molar-refractivity contribution in [1.29, 1.82) is 0 Å². The maximum atomic E-state index is 10.8. The smallest absolute Gasteiger partial charge is 0.150 e. The molecule has 19 heavy (non-hydrogen) atoms. The molecule has 0 radical (unpaired) electrons. The average Bonchev–Trinajstić information content (AvgIpc) is 2.40. The van der Waals surface area contributed by atoms with E-state index in [-0.39, 0.29) is 0 Å². The standard InChI is InChI=1S/C17H26O2/c1-4-5-6-7-8-9-10-19-17-14(2)11-16(13-18)12-15(17)3/h11-13H,4-10H2,1-3H3. The summed E-state index contributed by atoms with van der Waals surface area (Å²) in [6.45, 7) is 7.00. The Labute approximate surface area is 117 Å². The Kier molecular flexibility index (Phi) is 7.24. The highest BCUT2D eigenvalue weighted by atomic mass is 16.5. The molecule has 0 aliphatic carbocycles. The van der Waals surface area contributed by atoms with Gasteiger partial charge < -0.3 is 4.74 Å². The Hall–Kier alpha value is -1.31. The monoisotopic (exact) mass is 262 g/mol. The number of rotatable bonds is 9. The topological polar surface area (TPSA) is 26.3 Å². The summed E-state index contributed by atoms with van der Waals surface area (Å²) in [5.74, 6) is 0.944. The predicted octanol–water partition coefficient (Wildman–Crippen LogP) is 4.86. The molecule has 0 bridgehead atoms. The van der Waals surface area contributed by atoms with Gasteiger partial charge in [-0.2, -0.15) is 0 Å². The number of hydrogen-bond acceptors (Lipinski definition) is 2. The first kappa shape index (κ1) is 15.7. The van der Waals surface area contributed by atoms with Crippen molar-refractivity contribution in [1.82, 2.24) is 0 Å². The molecule has 0 aliphatic rings. The summed E-state index contributed by atoms with van der Waals surface area (Å²) in [5.41, 5.74) is 2.82. The van der Waals surface area contributed by atoms with Gasteiger partial charge in [-0.15, -0.1) is 0 Å². The third-order valence-corrected chi connectivity index (χ3v) is 3.36. The minimum absolute atomic E-state index is 0.724. The van der Waals surface area contributed by atoms with E-state index in [2.05, 4.69) is 6.92 Å². The number of carbonyl (C=O) groups excluding carboxylic acids is 1. The average molecular weight is 262 g/mol. The second-order valence-corrected chi connectivity index (χ2v) is 5.22. The molecule has 1 aromatic carbocycles. The highest BCUT2D eigenvalue weighted by Crippen LogP contribution is 2.24. The molecule has 0 heterocycles. The number of ether oxygens (including phenoxy) is 1. The first-order valence-corrected chi connectivity index (χ1v) is 7.38. The van der Waals surface area contributed by atoms with Gasteiger partial charge in [0, 0.05) is 5.56 Å². The second kappa shape index (κ2) is 8.73. The van der Waals surface area contributed by atoms with Gasteiger partial charge in [0.1, 0.15) is 12.0 Å². The van der Waals surface area contributed by atoms with E-state index >= 15 is 0 Å². The van der Waals surface area contributed by atoms with Crippen LogP contribution in [0.5, 0.6) is 5.75 Å². The molecule has 106 valence electrons. The lowest BCUT2D eigenvalue weighted by molar-refractivity contribution is 0.112. The predicted molar refractivity (Wildman–Crippen MR) is 80.2 cm³/mol. The minimum atomic E-state index is 0.724. The van der Waals surface area contributed by atoms with Crippen molar-refractivity contribution in [2.75, 3.05) is 6.61 Å². The molecule has 0 N–H and O–H groups in total. The summed E-state index contributed by atoms with van der Waals surface area (Å²) in [7, 11) is 0. The quantitative estimate of drug-likeness (QED) is 0.469. The van der Waals surface area contributed by atoms with Crippen molar-refractivity contribution >= 4 is 6.29 Å². The van der Waals surface area contributed by atoms with Crippen molar-refractivity contribution in [3.05, 3.63) is 28.8 Å². The molecular formula is C17H26O2. The van der Waals surface area contributed by atoms with Crippen LogP contribution >= 0.6 is 0 Å². The second-order valence-electron chi connectivity index (χ2n) is 5.22. The first-order chi connectivity index (χ1) is 9.19. The Morgan fingerprint density at radius 2 is 1.58 bits per heavy atom. The van der Waals surface area contributed by atoms with Gasteiger partial charge in [0.2, 0.25) is 0 Å². The number of unbranched alkanes of at least 4 members (excludes halogenated alkanes) is 5. The van der Waals surface area contributed by atoms with Crippen LogP contribution in [0.3, 0.4) is 0 Å². The Balaban J connectivity index is 2.35. The van der Waals surface area contributed by atoms with Crippen LogP contribution in [0, 0.1) is 13.8 Å². The van der Waals surface area contributed by atoms with E-state index in [9.17, 15) is 4.79 Å². The lowest BCUT2D eigenvalue weighted by Crippen LogP contribution is -2.01. The van der Waals surface area contributed by atoms with Gasteiger partial charge in [0.15, 0.2) is 0 Å². The highest BCUT2D eigenvalue weighted by Gasteiger charge is 2.06. The molecule has 1 rings (SSSR count). The Bertz CT molecular complexity index is 373. The maximum absolute atomic E-state index is 10.8. The van der Waals surface area contributed by atoms with Gasteiger partial charge in [-0.05, 0) is 43.5 Å². The molecule has 2 heteroatoms. The van der Waals surface area contributed by atoms with Crippen molar-refractivity contribution in [2.24, 2.45) is 0 Å². The molecule has 0 fully saturated rings. The van der Waals surface area contributed by atoms with E-state index in [1.165, 1.54) is 32.1 Å². The fourth-order valence-electron chi connectivity index (χ4n) is 2.34. The summed E-state index contributed by atoms with van der Waals surface area (Å²) in [6.07, 6.45) is 8.51. The summed E-state index contributed by atoms with van der Waals surface area (Å²) < 4.78 is 5.86. The van der Waals surface area contributed by atoms with Crippen LogP contribution in [-0.2, 0) is 0 Å². The normalized spacial score (nSPS) is 10.5. The van der Waals surface area contributed by atoms with Crippen LogP contribution in [0.2, 0.25) is 0 Å². The number of aldehydes is 1. The van der Waals surface area contributed by atoms with Crippen molar-refractivity contribution in [2.45, 2.75) is 59.3 Å². The van der Waals surface area contributed by atoms with Gasteiger partial charge in [-0.1, -0.05) is 39.0 Å². The van der Waals surface area contributed by atoms with Gasteiger partial charge in [-0.3, -0.25) is 4.79 Å². The minimum Gasteiger partial charge on any atom is -0.493 e. The van der Waals surface area contributed by atoms with Crippen LogP contribution in [0.15, 0.2) is 12.1 Å². The highest BCUT2D eigenvalue weighted by molar-refractivity contribution is 5.76. The molecule has 0 amide bonds. The molecule has 2 nitrogen and oxygen atoms in total. The first-order valence-electron chi connectivity index (χ1n) is 7.38. The summed E-state index contributed by atoms with van der Waals surface area (Å²) in [5, 5.41) is 0. The van der Waals surface area contributed by atoms with Gasteiger partial charge in [0.25, 0.3) is 0 Å². The van der Waals surface area contributed by atoms with Crippen molar-refractivity contribution < 1.29 is 9.53 Å². The molecule has 0 aromatic heterocycles. The fraction of sp³-hybridized carbons (Fsp3) is 0.588. The van der Waals surface area contributed by atoms with E-state index < -0.39 is 0 Å². The summed E-state index contributed by atoms with van der Waals surface area (Å²) in [4.78, 5) is 10.8. The molecule has 0 unspecified atom stereocenters. The van der Waals surface area contributed by atoms with Crippen LogP contribution in [0.25, 0.3) is 0 Å². The lowest BCUT2D eigenvalue weighted by atomic mass is 10.1. The zero-order valence-electron chi connectivity index (χ0n) is 12.5. The zero-order valence-corrected chi connectivity index (χ0v) is 12.5. The number of carbonyl (C=O) groups is 1. The van der Waals surface area contributed by atoms with Crippen molar-refractivity contribution in [3.8, 4) is 5.75 Å². The number of aryl methyl sites for hydroxylation is 2. The van der Waals surface area contributed by atoms with Crippen LogP contribution in [0.1, 0.15) is 66.9 Å². The number of hydrogen-bond donors (Lipinski definition) is 0. The number of benzene rings is 1. The van der Waals surface area contributed by atoms with E-state index in [0.29, 0.717) is 0 Å². The molecule has 0 spiro atoms. The largest absolute Gasteiger partial charge is 0.493 e. The fourth-order valence-corrected chi connectivity index (χ4v) is 2.34. The van der Waals surface area contributed by atoms with Gasteiger partial charge in [-0.25, -0.2) is 0 Å². The van der Waals surface area contributed by atoms with Crippen LogP contribution in [0.4, 0.5) is 0 Å². The molecular weight excluding hydrogens is 236 g/mol. The molecule has 0 saturated heterocycles. The SMILES string of the molecule is CCCCCCCCOc1c(C)cc(C=O)cc1C. The van der Waals surface area contributed by atoms with Crippen LogP contribution < -0.4 is 4.74 Å². The van der Waals surface area contributed by atoms with Crippen molar-refractivity contribution in [3.63, 3.8) is 0 Å². The lowest BCUT2D eigenvalue weighted by Gasteiger charge is -2.12. The molecule has 0 atom stereocenters. The third-order valence-electron chi connectivity index (χ3n) is 3.36. The zero-order chi connectivity index (χ0) is 14.1. The Morgan fingerprint density at radius 1 is 1.00 bits per heavy atom. The van der Waals surface area contributed by atoms with Gasteiger partial charge in [0.05, 0.1) is 6.61 Å². The third kappa shape index (κ3) is 5.46. The molecule has 1 aromatic rings. The summed E-state index contributed by atoms with van der Waals surface area (Å²) >= 11 is 0. The van der Waals surface area contributed by atoms with E-state index in [1.54, 1.807) is 0 Å². The summed E-state index contributed by atoms with van der Waals surface area (Å²) in [6, 6.07) is 3.77. The van der Waals surface area contributed by atoms with E-state index in [1.807, 2.05) is 26.0 Å².